The van der Waals surface area contributed by atoms with Crippen molar-refractivity contribution in [3.05, 3.63) is 0 Å². The highest BCUT2D eigenvalue weighted by atomic mass is 16.5. The Bertz CT molecular complexity index is 279. The van der Waals surface area contributed by atoms with E-state index in [0.29, 0.717) is 17.6 Å². The van der Waals surface area contributed by atoms with Gasteiger partial charge in [-0.05, 0) is 26.9 Å². The summed E-state index contributed by atoms with van der Waals surface area (Å²) in [5, 5.41) is 0. The van der Waals surface area contributed by atoms with Crippen molar-refractivity contribution < 1.29 is 9.47 Å². The molecule has 0 aromatic carbocycles. The number of hydrogen-bond acceptors (Lipinski definition) is 4. The second-order valence-corrected chi connectivity index (χ2v) is 6.08. The molecule has 3 heterocycles. The number of likely N-dealkylation sites (N-methyl/N-ethyl adjacent to an activating group) is 1. The van der Waals surface area contributed by atoms with Gasteiger partial charge in [-0.3, -0.25) is 0 Å². The summed E-state index contributed by atoms with van der Waals surface area (Å²) in [7, 11) is 4.37. The second kappa shape index (κ2) is 4.50. The zero-order valence-electron chi connectivity index (χ0n) is 11.0. The molecule has 0 bridgehead atoms. The van der Waals surface area contributed by atoms with Gasteiger partial charge < -0.3 is 19.3 Å². The SMILES string of the molecule is CN1CCOC(C2OCCC23CN(C)C3)CC1. The molecule has 3 fully saturated rings. The lowest BCUT2D eigenvalue weighted by Crippen LogP contribution is -2.61. The predicted molar refractivity (Wildman–Crippen MR) is 66.1 cm³/mol. The molecule has 4 nitrogen and oxygen atoms in total. The van der Waals surface area contributed by atoms with Crippen LogP contribution in [-0.2, 0) is 9.47 Å². The molecule has 0 saturated carbocycles. The Hall–Kier alpha value is -0.160. The van der Waals surface area contributed by atoms with Gasteiger partial charge in [-0.25, -0.2) is 0 Å². The standard InChI is InChI=1S/C13H24N2O2/c1-14-5-3-11(16-8-6-14)12-13(4-7-17-12)9-15(2)10-13/h11-12H,3-10H2,1-2H3. The normalized spacial score (nSPS) is 39.2. The average molecular weight is 240 g/mol. The maximum absolute atomic E-state index is 6.04. The zero-order chi connectivity index (χ0) is 11.9. The monoisotopic (exact) mass is 240 g/mol. The van der Waals surface area contributed by atoms with E-state index < -0.39 is 0 Å². The van der Waals surface area contributed by atoms with Crippen LogP contribution in [0.15, 0.2) is 0 Å². The van der Waals surface area contributed by atoms with Crippen molar-refractivity contribution in [2.75, 3.05) is 53.5 Å². The largest absolute Gasteiger partial charge is 0.375 e. The van der Waals surface area contributed by atoms with E-state index >= 15 is 0 Å². The van der Waals surface area contributed by atoms with Crippen LogP contribution in [0.1, 0.15) is 12.8 Å². The van der Waals surface area contributed by atoms with Crippen LogP contribution in [0.3, 0.4) is 0 Å². The molecule has 17 heavy (non-hydrogen) atoms. The van der Waals surface area contributed by atoms with Crippen molar-refractivity contribution in [1.82, 2.24) is 9.80 Å². The van der Waals surface area contributed by atoms with Crippen molar-refractivity contribution in [2.45, 2.75) is 25.0 Å². The Kier molecular flexibility index (Phi) is 3.15. The Morgan fingerprint density at radius 2 is 1.82 bits per heavy atom. The molecule has 2 unspecified atom stereocenters. The molecule has 0 amide bonds. The van der Waals surface area contributed by atoms with Gasteiger partial charge in [-0.15, -0.1) is 0 Å². The lowest BCUT2D eigenvalue weighted by atomic mass is 9.72. The molecule has 2 atom stereocenters. The summed E-state index contributed by atoms with van der Waals surface area (Å²) in [5.41, 5.74) is 0.405. The first-order valence-corrected chi connectivity index (χ1v) is 6.80. The lowest BCUT2D eigenvalue weighted by molar-refractivity contribution is -0.120. The summed E-state index contributed by atoms with van der Waals surface area (Å²) in [6.07, 6.45) is 2.99. The molecule has 0 aromatic rings. The molecule has 0 N–H and O–H groups in total. The number of rotatable bonds is 1. The van der Waals surface area contributed by atoms with Gasteiger partial charge in [-0.1, -0.05) is 0 Å². The molecule has 98 valence electrons. The van der Waals surface area contributed by atoms with Gasteiger partial charge in [-0.2, -0.15) is 0 Å². The highest BCUT2D eigenvalue weighted by Crippen LogP contribution is 2.45. The summed E-state index contributed by atoms with van der Waals surface area (Å²) in [6.45, 7) is 6.34. The van der Waals surface area contributed by atoms with Crippen molar-refractivity contribution in [3.63, 3.8) is 0 Å². The first-order chi connectivity index (χ1) is 8.20. The van der Waals surface area contributed by atoms with E-state index in [2.05, 4.69) is 23.9 Å². The van der Waals surface area contributed by atoms with Crippen molar-refractivity contribution >= 4 is 0 Å². The molecule has 3 rings (SSSR count). The van der Waals surface area contributed by atoms with Gasteiger partial charge in [0.2, 0.25) is 0 Å². The van der Waals surface area contributed by atoms with Crippen LogP contribution in [0, 0.1) is 5.41 Å². The highest BCUT2D eigenvalue weighted by Gasteiger charge is 2.54. The zero-order valence-corrected chi connectivity index (χ0v) is 11.0. The van der Waals surface area contributed by atoms with E-state index in [1.54, 1.807) is 0 Å². The minimum atomic E-state index is 0.316. The van der Waals surface area contributed by atoms with Gasteiger partial charge in [0, 0.05) is 38.2 Å². The van der Waals surface area contributed by atoms with Gasteiger partial charge >= 0.3 is 0 Å². The van der Waals surface area contributed by atoms with Crippen molar-refractivity contribution in [1.29, 1.82) is 0 Å². The maximum Gasteiger partial charge on any atom is 0.0918 e. The van der Waals surface area contributed by atoms with Crippen LogP contribution >= 0.6 is 0 Å². The van der Waals surface area contributed by atoms with E-state index in [1.807, 2.05) is 0 Å². The minimum absolute atomic E-state index is 0.316. The molecule has 3 aliphatic heterocycles. The van der Waals surface area contributed by atoms with Crippen LogP contribution in [0.2, 0.25) is 0 Å². The Morgan fingerprint density at radius 3 is 2.59 bits per heavy atom. The molecular weight excluding hydrogens is 216 g/mol. The van der Waals surface area contributed by atoms with Gasteiger partial charge in [0.15, 0.2) is 0 Å². The lowest BCUT2D eigenvalue weighted by Gasteiger charge is -2.50. The molecule has 4 heteroatoms. The molecule has 0 aliphatic carbocycles. The smallest absolute Gasteiger partial charge is 0.0918 e. The van der Waals surface area contributed by atoms with Crippen LogP contribution in [0.25, 0.3) is 0 Å². The molecule has 0 aromatic heterocycles. The van der Waals surface area contributed by atoms with Crippen LogP contribution in [0.4, 0.5) is 0 Å². The number of hydrogen-bond donors (Lipinski definition) is 0. The second-order valence-electron chi connectivity index (χ2n) is 6.08. The summed E-state index contributed by atoms with van der Waals surface area (Å²) in [5.74, 6) is 0. The van der Waals surface area contributed by atoms with E-state index in [1.165, 1.54) is 19.5 Å². The fraction of sp³-hybridized carbons (Fsp3) is 1.00. The van der Waals surface area contributed by atoms with Gasteiger partial charge in [0.1, 0.15) is 0 Å². The predicted octanol–water partition coefficient (Wildman–Crippen LogP) is 0.428. The fourth-order valence-corrected chi connectivity index (χ4v) is 3.72. The molecular formula is C13H24N2O2. The summed E-state index contributed by atoms with van der Waals surface area (Å²) < 4.78 is 12.1. The van der Waals surface area contributed by atoms with Crippen molar-refractivity contribution in [2.24, 2.45) is 5.41 Å². The van der Waals surface area contributed by atoms with E-state index in [0.717, 1.165) is 32.7 Å². The minimum Gasteiger partial charge on any atom is -0.375 e. The topological polar surface area (TPSA) is 24.9 Å². The highest BCUT2D eigenvalue weighted by molar-refractivity contribution is 5.05. The third-order valence-electron chi connectivity index (χ3n) is 4.61. The Labute approximate surface area is 104 Å². The number of likely N-dealkylation sites (tertiary alicyclic amines) is 1. The average Bonchev–Trinajstić information content (AvgIpc) is 2.56. The van der Waals surface area contributed by atoms with Crippen LogP contribution < -0.4 is 0 Å². The Morgan fingerprint density at radius 1 is 1.00 bits per heavy atom. The first kappa shape index (κ1) is 11.9. The number of ether oxygens (including phenoxy) is 2. The summed E-state index contributed by atoms with van der Waals surface area (Å²) in [6, 6.07) is 0. The van der Waals surface area contributed by atoms with Crippen LogP contribution in [0.5, 0.6) is 0 Å². The quantitative estimate of drug-likeness (QED) is 0.663. The fourth-order valence-electron chi connectivity index (χ4n) is 3.72. The van der Waals surface area contributed by atoms with E-state index in [9.17, 15) is 0 Å². The van der Waals surface area contributed by atoms with Gasteiger partial charge in [0.05, 0.1) is 18.8 Å². The third kappa shape index (κ3) is 2.12. The van der Waals surface area contributed by atoms with E-state index in [-0.39, 0.29) is 0 Å². The summed E-state index contributed by atoms with van der Waals surface area (Å²) >= 11 is 0. The first-order valence-electron chi connectivity index (χ1n) is 6.80. The molecule has 3 aliphatic rings. The molecule has 3 saturated heterocycles. The summed E-state index contributed by atoms with van der Waals surface area (Å²) in [4.78, 5) is 4.75. The molecule has 0 radical (unpaired) electrons. The van der Waals surface area contributed by atoms with Crippen molar-refractivity contribution in [3.8, 4) is 0 Å². The number of nitrogens with zero attached hydrogens (tertiary/aromatic N) is 2. The van der Waals surface area contributed by atoms with Gasteiger partial charge in [0.25, 0.3) is 0 Å². The van der Waals surface area contributed by atoms with E-state index in [4.69, 9.17) is 9.47 Å². The Balaban J connectivity index is 1.66. The third-order valence-corrected chi connectivity index (χ3v) is 4.61. The maximum atomic E-state index is 6.04. The van der Waals surface area contributed by atoms with Crippen LogP contribution in [-0.4, -0.2) is 75.5 Å². The molecule has 1 spiro atoms.